The molecule has 0 aliphatic rings. The normalized spacial score (nSPS) is 14.6. The van der Waals surface area contributed by atoms with E-state index in [1.165, 1.54) is 0 Å². The molecule has 0 saturated carbocycles. The number of carboxylic acids is 1. The molecule has 0 spiro atoms. The van der Waals surface area contributed by atoms with Crippen molar-refractivity contribution in [2.24, 2.45) is 5.92 Å². The molecule has 5 nitrogen and oxygen atoms in total. The summed E-state index contributed by atoms with van der Waals surface area (Å²) in [6.07, 6.45) is 1.05. The highest BCUT2D eigenvalue weighted by molar-refractivity contribution is 5.83. The number of hydrogen-bond acceptors (Lipinski definition) is 3. The van der Waals surface area contributed by atoms with Crippen molar-refractivity contribution in [1.82, 2.24) is 10.2 Å². The topological polar surface area (TPSA) is 69.6 Å². The van der Waals surface area contributed by atoms with Gasteiger partial charge >= 0.3 is 5.97 Å². The van der Waals surface area contributed by atoms with Crippen molar-refractivity contribution >= 4 is 11.9 Å². The van der Waals surface area contributed by atoms with Crippen LogP contribution >= 0.6 is 0 Å². The van der Waals surface area contributed by atoms with Gasteiger partial charge in [0.05, 0.1) is 0 Å². The van der Waals surface area contributed by atoms with Crippen LogP contribution in [0.4, 0.5) is 0 Å². The van der Waals surface area contributed by atoms with Crippen LogP contribution in [0.3, 0.4) is 0 Å². The van der Waals surface area contributed by atoms with Gasteiger partial charge in [0.1, 0.15) is 6.04 Å². The minimum absolute atomic E-state index is 0.0548. The molecule has 94 valence electrons. The number of amides is 1. The van der Waals surface area contributed by atoms with Crippen molar-refractivity contribution < 1.29 is 14.7 Å². The Balaban J connectivity index is 4.19. The Hall–Kier alpha value is -1.10. The number of carbonyl (C=O) groups excluding carboxylic acids is 1. The van der Waals surface area contributed by atoms with Crippen LogP contribution in [0, 0.1) is 5.92 Å². The van der Waals surface area contributed by atoms with Crippen molar-refractivity contribution in [1.29, 1.82) is 0 Å². The van der Waals surface area contributed by atoms with Crippen LogP contribution in [0.2, 0.25) is 0 Å². The molecule has 5 heteroatoms. The fraction of sp³-hybridized carbons (Fsp3) is 0.818. The fourth-order valence-electron chi connectivity index (χ4n) is 1.25. The number of hydrogen-bond donors (Lipinski definition) is 2. The molecular formula is C11H22N2O3. The van der Waals surface area contributed by atoms with Crippen molar-refractivity contribution in [3.63, 3.8) is 0 Å². The monoisotopic (exact) mass is 230 g/mol. The Bertz CT molecular complexity index is 241. The molecule has 0 saturated heterocycles. The Morgan fingerprint density at radius 3 is 2.31 bits per heavy atom. The van der Waals surface area contributed by atoms with Crippen LogP contribution in [-0.4, -0.2) is 48.6 Å². The summed E-state index contributed by atoms with van der Waals surface area (Å²) in [6, 6.07) is -0.778. The van der Waals surface area contributed by atoms with E-state index in [0.29, 0.717) is 13.0 Å². The SMILES string of the molecule is CCC(C)[C@H](NC(=O)CCN(C)C)C(=O)O. The molecule has 0 aromatic heterocycles. The molecule has 0 heterocycles. The van der Waals surface area contributed by atoms with E-state index in [4.69, 9.17) is 5.11 Å². The lowest BCUT2D eigenvalue weighted by molar-refractivity contribution is -0.143. The summed E-state index contributed by atoms with van der Waals surface area (Å²) >= 11 is 0. The number of carboxylic acid groups (broad SMARTS) is 1. The van der Waals surface area contributed by atoms with Gasteiger partial charge < -0.3 is 15.3 Å². The van der Waals surface area contributed by atoms with E-state index in [1.807, 2.05) is 32.8 Å². The maximum Gasteiger partial charge on any atom is 0.326 e. The van der Waals surface area contributed by atoms with Crippen LogP contribution in [0.25, 0.3) is 0 Å². The lowest BCUT2D eigenvalue weighted by Gasteiger charge is -2.20. The van der Waals surface area contributed by atoms with Crippen LogP contribution < -0.4 is 5.32 Å². The first-order valence-electron chi connectivity index (χ1n) is 5.55. The Morgan fingerprint density at radius 1 is 1.38 bits per heavy atom. The molecule has 0 aliphatic heterocycles. The number of carbonyl (C=O) groups is 2. The maximum atomic E-state index is 11.5. The zero-order valence-corrected chi connectivity index (χ0v) is 10.5. The molecule has 0 aromatic rings. The quantitative estimate of drug-likeness (QED) is 0.670. The predicted molar refractivity (Wildman–Crippen MR) is 62.2 cm³/mol. The van der Waals surface area contributed by atoms with Gasteiger partial charge in [-0.2, -0.15) is 0 Å². The average Bonchev–Trinajstić information content (AvgIpc) is 2.21. The second-order valence-corrected chi connectivity index (χ2v) is 4.32. The Morgan fingerprint density at radius 2 is 1.94 bits per heavy atom. The van der Waals surface area contributed by atoms with Crippen LogP contribution in [-0.2, 0) is 9.59 Å². The van der Waals surface area contributed by atoms with Gasteiger partial charge in [0.25, 0.3) is 0 Å². The highest BCUT2D eigenvalue weighted by atomic mass is 16.4. The summed E-state index contributed by atoms with van der Waals surface area (Å²) in [4.78, 5) is 24.3. The summed E-state index contributed by atoms with van der Waals surface area (Å²) in [6.45, 7) is 4.36. The molecule has 1 unspecified atom stereocenters. The molecule has 0 radical (unpaired) electrons. The van der Waals surface area contributed by atoms with E-state index in [2.05, 4.69) is 5.32 Å². The highest BCUT2D eigenvalue weighted by Gasteiger charge is 2.24. The summed E-state index contributed by atoms with van der Waals surface area (Å²) in [5.74, 6) is -1.23. The van der Waals surface area contributed by atoms with Crippen LogP contribution in [0.15, 0.2) is 0 Å². The number of nitrogens with zero attached hydrogens (tertiary/aromatic N) is 1. The third kappa shape index (κ3) is 5.70. The van der Waals surface area contributed by atoms with Crippen LogP contribution in [0.1, 0.15) is 26.7 Å². The highest BCUT2D eigenvalue weighted by Crippen LogP contribution is 2.08. The van der Waals surface area contributed by atoms with E-state index >= 15 is 0 Å². The van der Waals surface area contributed by atoms with Crippen molar-refractivity contribution in [3.8, 4) is 0 Å². The van der Waals surface area contributed by atoms with Crippen LogP contribution in [0.5, 0.6) is 0 Å². The second kappa shape index (κ2) is 7.22. The molecule has 0 aromatic carbocycles. The van der Waals surface area contributed by atoms with E-state index in [-0.39, 0.29) is 11.8 Å². The standard InChI is InChI=1S/C11H22N2O3/c1-5-8(2)10(11(15)16)12-9(14)6-7-13(3)4/h8,10H,5-7H2,1-4H3,(H,12,14)(H,15,16)/t8?,10-/m0/s1. The number of nitrogens with one attached hydrogen (secondary N) is 1. The van der Waals surface area contributed by atoms with Gasteiger partial charge in [-0.05, 0) is 20.0 Å². The molecule has 2 atom stereocenters. The second-order valence-electron chi connectivity index (χ2n) is 4.32. The third-order valence-electron chi connectivity index (χ3n) is 2.58. The molecule has 16 heavy (non-hydrogen) atoms. The molecule has 0 aliphatic carbocycles. The predicted octanol–water partition coefficient (Wildman–Crippen LogP) is 0.554. The largest absolute Gasteiger partial charge is 0.480 e. The lowest BCUT2D eigenvalue weighted by atomic mass is 9.99. The Labute approximate surface area is 96.8 Å². The fourth-order valence-corrected chi connectivity index (χ4v) is 1.25. The first-order chi connectivity index (χ1) is 7.38. The molecule has 1 amide bonds. The maximum absolute atomic E-state index is 11.5. The van der Waals surface area contributed by atoms with Crippen molar-refractivity contribution in [3.05, 3.63) is 0 Å². The van der Waals surface area contributed by atoms with Gasteiger partial charge in [-0.1, -0.05) is 20.3 Å². The summed E-state index contributed by atoms with van der Waals surface area (Å²) in [5, 5.41) is 11.5. The first-order valence-corrected chi connectivity index (χ1v) is 5.55. The lowest BCUT2D eigenvalue weighted by Crippen LogP contribution is -2.45. The summed E-state index contributed by atoms with van der Waals surface area (Å²) < 4.78 is 0. The summed E-state index contributed by atoms with van der Waals surface area (Å²) in [5.41, 5.74) is 0. The Kier molecular flexibility index (Phi) is 6.72. The number of rotatable bonds is 7. The van der Waals surface area contributed by atoms with Gasteiger partial charge in [-0.25, -0.2) is 4.79 Å². The van der Waals surface area contributed by atoms with Crippen molar-refractivity contribution in [2.45, 2.75) is 32.7 Å². The first kappa shape index (κ1) is 14.9. The molecule has 0 rings (SSSR count). The van der Waals surface area contributed by atoms with E-state index in [0.717, 1.165) is 6.42 Å². The molecule has 0 bridgehead atoms. The van der Waals surface area contributed by atoms with Gasteiger partial charge in [0.2, 0.25) is 5.91 Å². The minimum atomic E-state index is -0.965. The van der Waals surface area contributed by atoms with Gasteiger partial charge in [0, 0.05) is 13.0 Å². The molecule has 2 N–H and O–H groups in total. The van der Waals surface area contributed by atoms with Gasteiger partial charge in [-0.15, -0.1) is 0 Å². The van der Waals surface area contributed by atoms with E-state index in [9.17, 15) is 9.59 Å². The summed E-state index contributed by atoms with van der Waals surface area (Å²) in [7, 11) is 3.74. The van der Waals surface area contributed by atoms with E-state index in [1.54, 1.807) is 0 Å². The van der Waals surface area contributed by atoms with E-state index < -0.39 is 12.0 Å². The van der Waals surface area contributed by atoms with Gasteiger partial charge in [-0.3, -0.25) is 4.79 Å². The molecular weight excluding hydrogens is 208 g/mol. The van der Waals surface area contributed by atoms with Gasteiger partial charge in [0.15, 0.2) is 0 Å². The van der Waals surface area contributed by atoms with Crippen molar-refractivity contribution in [2.75, 3.05) is 20.6 Å². The number of aliphatic carboxylic acids is 1. The minimum Gasteiger partial charge on any atom is -0.480 e. The smallest absolute Gasteiger partial charge is 0.326 e. The zero-order chi connectivity index (χ0) is 12.7. The average molecular weight is 230 g/mol. The zero-order valence-electron chi connectivity index (χ0n) is 10.5. The third-order valence-corrected chi connectivity index (χ3v) is 2.58. The molecule has 0 fully saturated rings.